The summed E-state index contributed by atoms with van der Waals surface area (Å²) in [7, 11) is -0.545. The van der Waals surface area contributed by atoms with Gasteiger partial charge in [-0.2, -0.15) is 4.31 Å². The van der Waals surface area contributed by atoms with Crippen LogP contribution in [-0.2, 0) is 16.6 Å². The fourth-order valence-electron chi connectivity index (χ4n) is 3.42. The standard InChI is InChI=1S/C19H23N3O6S/c1-27-17-6-7-19(28-2)15(12-17)14-20-8-10-21(11-9-20)29(25,26)18-5-3-4-16(13-18)22(23)24/h3-7,12-13H,8-11,14H2,1-2H3/p+1. The molecule has 1 aliphatic heterocycles. The fourth-order valence-corrected chi connectivity index (χ4v) is 4.90. The summed E-state index contributed by atoms with van der Waals surface area (Å²) in [6.45, 7) is 2.60. The van der Waals surface area contributed by atoms with Gasteiger partial charge in [0.25, 0.3) is 5.69 Å². The Hall–Kier alpha value is -2.69. The molecule has 2 aromatic carbocycles. The van der Waals surface area contributed by atoms with Crippen LogP contribution in [0.15, 0.2) is 47.4 Å². The van der Waals surface area contributed by atoms with Crippen molar-refractivity contribution in [3.63, 3.8) is 0 Å². The molecule has 1 fully saturated rings. The van der Waals surface area contributed by atoms with E-state index in [0.29, 0.717) is 32.7 Å². The Labute approximate surface area is 169 Å². The summed E-state index contributed by atoms with van der Waals surface area (Å²) in [6, 6.07) is 10.8. The van der Waals surface area contributed by atoms with Crippen LogP contribution in [0.1, 0.15) is 5.56 Å². The molecule has 1 heterocycles. The van der Waals surface area contributed by atoms with Crippen molar-refractivity contribution in [1.82, 2.24) is 4.31 Å². The van der Waals surface area contributed by atoms with Crippen molar-refractivity contribution in [2.75, 3.05) is 40.4 Å². The maximum atomic E-state index is 12.9. The van der Waals surface area contributed by atoms with E-state index in [9.17, 15) is 18.5 Å². The first-order valence-corrected chi connectivity index (χ1v) is 10.6. The zero-order valence-corrected chi connectivity index (χ0v) is 17.1. The molecule has 29 heavy (non-hydrogen) atoms. The van der Waals surface area contributed by atoms with Crippen LogP contribution in [0, 0.1) is 10.1 Å². The third-order valence-electron chi connectivity index (χ3n) is 5.02. The molecule has 10 heteroatoms. The van der Waals surface area contributed by atoms with Gasteiger partial charge in [-0.05, 0) is 24.3 Å². The number of nitrogens with zero attached hydrogens (tertiary/aromatic N) is 2. The second-order valence-corrected chi connectivity index (χ2v) is 8.70. The number of benzene rings is 2. The van der Waals surface area contributed by atoms with Gasteiger partial charge >= 0.3 is 0 Å². The maximum absolute atomic E-state index is 12.9. The van der Waals surface area contributed by atoms with Gasteiger partial charge < -0.3 is 14.4 Å². The fraction of sp³-hybridized carbons (Fsp3) is 0.368. The molecule has 9 nitrogen and oxygen atoms in total. The van der Waals surface area contributed by atoms with Crippen LogP contribution in [0.3, 0.4) is 0 Å². The number of ether oxygens (including phenoxy) is 2. The van der Waals surface area contributed by atoms with E-state index in [0.717, 1.165) is 23.1 Å². The lowest BCUT2D eigenvalue weighted by molar-refractivity contribution is -0.917. The van der Waals surface area contributed by atoms with E-state index in [4.69, 9.17) is 9.47 Å². The molecule has 0 aliphatic carbocycles. The third-order valence-corrected chi connectivity index (χ3v) is 6.92. The third kappa shape index (κ3) is 4.66. The number of rotatable bonds is 7. The number of non-ortho nitro benzene ring substituents is 1. The molecule has 1 aliphatic rings. The normalized spacial score (nSPS) is 15.8. The van der Waals surface area contributed by atoms with Crippen LogP contribution in [0.2, 0.25) is 0 Å². The van der Waals surface area contributed by atoms with Crippen molar-refractivity contribution in [1.29, 1.82) is 0 Å². The summed E-state index contributed by atoms with van der Waals surface area (Å²) in [5.41, 5.74) is 0.761. The minimum absolute atomic E-state index is 0.0513. The Morgan fingerprint density at radius 1 is 1.10 bits per heavy atom. The Morgan fingerprint density at radius 2 is 1.83 bits per heavy atom. The Morgan fingerprint density at radius 3 is 2.45 bits per heavy atom. The molecular weight excluding hydrogens is 398 g/mol. The van der Waals surface area contributed by atoms with Gasteiger partial charge in [0.1, 0.15) is 18.0 Å². The Balaban J connectivity index is 1.69. The van der Waals surface area contributed by atoms with Crippen molar-refractivity contribution in [3.05, 3.63) is 58.1 Å². The van der Waals surface area contributed by atoms with Crippen LogP contribution in [0.5, 0.6) is 11.5 Å². The minimum Gasteiger partial charge on any atom is -0.497 e. The second-order valence-electron chi connectivity index (χ2n) is 6.76. The number of methoxy groups -OCH3 is 2. The Bertz CT molecular complexity index is 987. The first-order valence-electron chi connectivity index (χ1n) is 9.14. The molecule has 1 saturated heterocycles. The maximum Gasteiger partial charge on any atom is 0.270 e. The van der Waals surface area contributed by atoms with Crippen LogP contribution in [0.4, 0.5) is 5.69 Å². The van der Waals surface area contributed by atoms with Crippen LogP contribution < -0.4 is 14.4 Å². The molecule has 0 bridgehead atoms. The highest BCUT2D eigenvalue weighted by molar-refractivity contribution is 7.89. The average molecular weight is 422 g/mol. The molecule has 0 spiro atoms. The molecule has 0 unspecified atom stereocenters. The lowest BCUT2D eigenvalue weighted by Gasteiger charge is -2.31. The zero-order valence-electron chi connectivity index (χ0n) is 16.3. The van der Waals surface area contributed by atoms with Gasteiger partial charge in [-0.15, -0.1) is 0 Å². The van der Waals surface area contributed by atoms with Gasteiger partial charge in [0.2, 0.25) is 10.0 Å². The highest BCUT2D eigenvalue weighted by atomic mass is 32.2. The van der Waals surface area contributed by atoms with E-state index in [2.05, 4.69) is 0 Å². The van der Waals surface area contributed by atoms with Crippen molar-refractivity contribution in [2.24, 2.45) is 0 Å². The van der Waals surface area contributed by atoms with Gasteiger partial charge in [-0.1, -0.05) is 6.07 Å². The molecule has 156 valence electrons. The van der Waals surface area contributed by atoms with Crippen molar-refractivity contribution in [2.45, 2.75) is 11.4 Å². The molecule has 0 saturated carbocycles. The van der Waals surface area contributed by atoms with Crippen molar-refractivity contribution in [3.8, 4) is 11.5 Å². The van der Waals surface area contributed by atoms with Gasteiger partial charge in [0, 0.05) is 12.1 Å². The van der Waals surface area contributed by atoms with E-state index < -0.39 is 14.9 Å². The number of nitro groups is 1. The topological polar surface area (TPSA) is 103 Å². The summed E-state index contributed by atoms with van der Waals surface area (Å²) in [5, 5.41) is 10.9. The quantitative estimate of drug-likeness (QED) is 0.521. The van der Waals surface area contributed by atoms with Crippen molar-refractivity contribution < 1.29 is 27.7 Å². The van der Waals surface area contributed by atoms with Gasteiger partial charge in [0.15, 0.2) is 0 Å². The van der Waals surface area contributed by atoms with Gasteiger partial charge in [0.05, 0.1) is 55.8 Å². The lowest BCUT2D eigenvalue weighted by atomic mass is 10.1. The highest BCUT2D eigenvalue weighted by Crippen LogP contribution is 2.24. The van der Waals surface area contributed by atoms with E-state index in [1.807, 2.05) is 18.2 Å². The molecule has 1 N–H and O–H groups in total. The Kier molecular flexibility index (Phi) is 6.36. The summed E-state index contributed by atoms with van der Waals surface area (Å²) >= 11 is 0. The number of nitrogens with one attached hydrogen (secondary N) is 1. The molecule has 0 atom stereocenters. The number of nitro benzene ring substituents is 1. The zero-order chi connectivity index (χ0) is 21.0. The van der Waals surface area contributed by atoms with Gasteiger partial charge in [-0.25, -0.2) is 8.42 Å². The smallest absolute Gasteiger partial charge is 0.270 e. The van der Waals surface area contributed by atoms with Crippen molar-refractivity contribution >= 4 is 15.7 Å². The van der Waals surface area contributed by atoms with E-state index in [1.54, 1.807) is 14.2 Å². The molecular formula is C19H24N3O6S+. The number of piperazine rings is 1. The summed E-state index contributed by atoms with van der Waals surface area (Å²) in [5.74, 6) is 1.51. The number of hydrogen-bond donors (Lipinski definition) is 1. The SMILES string of the molecule is COc1ccc(OC)c(C[NH+]2CCN(S(=O)(=O)c3cccc([N+](=O)[O-])c3)CC2)c1. The molecule has 0 aromatic heterocycles. The monoisotopic (exact) mass is 422 g/mol. The minimum atomic E-state index is -3.77. The summed E-state index contributed by atoms with van der Waals surface area (Å²) in [4.78, 5) is 11.5. The number of hydrogen-bond acceptors (Lipinski definition) is 6. The largest absolute Gasteiger partial charge is 0.497 e. The van der Waals surface area contributed by atoms with E-state index in [-0.39, 0.29) is 10.6 Å². The first-order chi connectivity index (χ1) is 13.8. The number of quaternary nitrogens is 1. The van der Waals surface area contributed by atoms with E-state index >= 15 is 0 Å². The van der Waals surface area contributed by atoms with E-state index in [1.165, 1.54) is 27.4 Å². The van der Waals surface area contributed by atoms with Crippen LogP contribution in [0.25, 0.3) is 0 Å². The first kappa shape index (κ1) is 21.0. The molecule has 3 rings (SSSR count). The highest BCUT2D eigenvalue weighted by Gasteiger charge is 2.31. The second kappa shape index (κ2) is 8.76. The molecule has 0 radical (unpaired) electrons. The number of sulfonamides is 1. The predicted octanol–water partition coefficient (Wildman–Crippen LogP) is 0.701. The van der Waals surface area contributed by atoms with Crippen LogP contribution >= 0.6 is 0 Å². The lowest BCUT2D eigenvalue weighted by Crippen LogP contribution is -3.13. The predicted molar refractivity (Wildman–Crippen MR) is 106 cm³/mol. The molecule has 2 aromatic rings. The van der Waals surface area contributed by atoms with Crippen LogP contribution in [-0.4, -0.2) is 58.0 Å². The summed E-state index contributed by atoms with van der Waals surface area (Å²) < 4.78 is 37.8. The average Bonchev–Trinajstić information content (AvgIpc) is 2.74. The van der Waals surface area contributed by atoms with Gasteiger partial charge in [-0.3, -0.25) is 10.1 Å². The summed E-state index contributed by atoms with van der Waals surface area (Å²) in [6.07, 6.45) is 0. The molecule has 0 amide bonds.